The lowest BCUT2D eigenvalue weighted by molar-refractivity contribution is 0.671. The first kappa shape index (κ1) is 26.3. The molecular weight excluding hydrogens is 591 g/mol. The summed E-state index contributed by atoms with van der Waals surface area (Å²) in [6.45, 7) is 0. The first-order valence-corrected chi connectivity index (χ1v) is 16.8. The van der Waals surface area contributed by atoms with Crippen molar-refractivity contribution in [1.82, 2.24) is 4.57 Å². The number of nitrogens with zero attached hydrogens (tertiary/aromatic N) is 1. The molecule has 0 fully saturated rings. The molecule has 0 aliphatic rings. The van der Waals surface area contributed by atoms with Crippen molar-refractivity contribution in [2.24, 2.45) is 0 Å². The van der Waals surface area contributed by atoms with Crippen molar-refractivity contribution in [2.75, 3.05) is 0 Å². The molecule has 2 nitrogen and oxygen atoms in total. The number of benzene rings is 7. The molecule has 0 saturated carbocycles. The van der Waals surface area contributed by atoms with Crippen LogP contribution < -0.4 is 0 Å². The SMILES string of the molecule is c1ccc(-c2cccc3c2oc2c(-c4cccc(-c5cccc6sc7c8ccccc8n(-c8ccccc8)c7c56)c4)cccc23)cc1. The highest BCUT2D eigenvalue weighted by molar-refractivity contribution is 7.26. The normalized spacial score (nSPS) is 11.8. The summed E-state index contributed by atoms with van der Waals surface area (Å²) >= 11 is 1.88. The summed E-state index contributed by atoms with van der Waals surface area (Å²) in [6, 6.07) is 58.6. The predicted molar refractivity (Wildman–Crippen MR) is 200 cm³/mol. The quantitative estimate of drug-likeness (QED) is 0.192. The molecule has 10 rings (SSSR count). The van der Waals surface area contributed by atoms with E-state index in [2.05, 4.69) is 168 Å². The lowest BCUT2D eigenvalue weighted by Gasteiger charge is -2.11. The minimum atomic E-state index is 0.920. The Morgan fingerprint density at radius 2 is 1.00 bits per heavy atom. The Morgan fingerprint density at radius 1 is 0.447 bits per heavy atom. The fourth-order valence-electron chi connectivity index (χ4n) is 7.34. The van der Waals surface area contributed by atoms with Gasteiger partial charge >= 0.3 is 0 Å². The first-order chi connectivity index (χ1) is 23.3. The predicted octanol–water partition coefficient (Wildman–Crippen LogP) is 12.9. The molecule has 0 spiro atoms. The minimum absolute atomic E-state index is 0.920. The van der Waals surface area contributed by atoms with Gasteiger partial charge in [-0.15, -0.1) is 11.3 Å². The van der Waals surface area contributed by atoms with Gasteiger partial charge in [0.2, 0.25) is 0 Å². The molecule has 0 saturated heterocycles. The van der Waals surface area contributed by atoms with Crippen LogP contribution in [-0.2, 0) is 0 Å². The fraction of sp³-hybridized carbons (Fsp3) is 0. The van der Waals surface area contributed by atoms with Crippen LogP contribution in [0.25, 0.3) is 92.2 Å². The number of furan rings is 1. The highest BCUT2D eigenvalue weighted by Gasteiger charge is 2.21. The van der Waals surface area contributed by atoms with E-state index in [1.165, 1.54) is 48.0 Å². The summed E-state index contributed by atoms with van der Waals surface area (Å²) in [7, 11) is 0. The lowest BCUT2D eigenvalue weighted by atomic mass is 9.95. The van der Waals surface area contributed by atoms with E-state index in [1.54, 1.807) is 0 Å². The molecule has 0 radical (unpaired) electrons. The molecule has 0 aliphatic carbocycles. The summed E-state index contributed by atoms with van der Waals surface area (Å²) in [6.07, 6.45) is 0. The zero-order valence-corrected chi connectivity index (χ0v) is 26.2. The maximum Gasteiger partial charge on any atom is 0.143 e. The zero-order valence-electron chi connectivity index (χ0n) is 25.4. The van der Waals surface area contributed by atoms with Crippen LogP contribution in [0.3, 0.4) is 0 Å². The van der Waals surface area contributed by atoms with Crippen molar-refractivity contribution >= 4 is 64.5 Å². The summed E-state index contributed by atoms with van der Waals surface area (Å²) in [5, 5.41) is 4.85. The second-order valence-electron chi connectivity index (χ2n) is 12.1. The molecule has 3 heteroatoms. The Balaban J connectivity index is 1.20. The molecule has 47 heavy (non-hydrogen) atoms. The largest absolute Gasteiger partial charge is 0.455 e. The van der Waals surface area contributed by atoms with Crippen LogP contribution in [0.1, 0.15) is 0 Å². The number of thiophene rings is 1. The second kappa shape index (κ2) is 10.3. The van der Waals surface area contributed by atoms with Crippen LogP contribution in [0.4, 0.5) is 0 Å². The van der Waals surface area contributed by atoms with E-state index in [1.807, 2.05) is 11.3 Å². The highest BCUT2D eigenvalue weighted by Crippen LogP contribution is 2.46. The molecule has 0 N–H and O–H groups in total. The van der Waals surface area contributed by atoms with Crippen LogP contribution in [0, 0.1) is 0 Å². The number of para-hydroxylation sites is 4. The highest BCUT2D eigenvalue weighted by atomic mass is 32.1. The Bertz CT molecular complexity index is 2780. The van der Waals surface area contributed by atoms with Crippen molar-refractivity contribution < 1.29 is 4.42 Å². The maximum atomic E-state index is 6.78. The average Bonchev–Trinajstić information content (AvgIpc) is 3.81. The summed E-state index contributed by atoms with van der Waals surface area (Å²) in [5.74, 6) is 0. The lowest BCUT2D eigenvalue weighted by Crippen LogP contribution is -1.93. The number of hydrogen-bond acceptors (Lipinski definition) is 2. The van der Waals surface area contributed by atoms with Crippen molar-refractivity contribution in [2.45, 2.75) is 0 Å². The van der Waals surface area contributed by atoms with Crippen LogP contribution in [0.15, 0.2) is 168 Å². The standard InChI is InChI=1S/C44H27NOS/c1-3-13-28(14-4-1)33-21-10-23-35-36-24-11-22-34(43(36)46-42(33)35)30-16-9-15-29(27-30)32-20-12-26-39-40(32)41-44(47-39)37-19-7-8-25-38(37)45(41)31-17-5-2-6-18-31/h1-27H. The fourth-order valence-corrected chi connectivity index (χ4v) is 8.59. The second-order valence-corrected chi connectivity index (χ2v) is 13.1. The maximum absolute atomic E-state index is 6.78. The van der Waals surface area contributed by atoms with Crippen molar-refractivity contribution in [3.8, 4) is 39.1 Å². The third-order valence-corrected chi connectivity index (χ3v) is 10.6. The Morgan fingerprint density at radius 3 is 1.77 bits per heavy atom. The molecule has 3 aromatic heterocycles. The van der Waals surface area contributed by atoms with E-state index < -0.39 is 0 Å². The molecule has 0 atom stereocenters. The third kappa shape index (κ3) is 3.97. The molecule has 7 aromatic carbocycles. The first-order valence-electron chi connectivity index (χ1n) is 15.9. The molecule has 10 aromatic rings. The van der Waals surface area contributed by atoms with Gasteiger partial charge < -0.3 is 8.98 Å². The van der Waals surface area contributed by atoms with Gasteiger partial charge in [0.25, 0.3) is 0 Å². The van der Waals surface area contributed by atoms with Crippen molar-refractivity contribution in [3.63, 3.8) is 0 Å². The Hall–Kier alpha value is -5.90. The Labute approximate surface area is 275 Å². The van der Waals surface area contributed by atoms with Gasteiger partial charge in [-0.25, -0.2) is 0 Å². The molecular formula is C44H27NOS. The number of aromatic nitrogens is 1. The smallest absolute Gasteiger partial charge is 0.143 e. The van der Waals surface area contributed by atoms with E-state index >= 15 is 0 Å². The van der Waals surface area contributed by atoms with Gasteiger partial charge in [0.15, 0.2) is 0 Å². The number of fused-ring (bicyclic) bond motifs is 8. The monoisotopic (exact) mass is 617 g/mol. The molecule has 0 unspecified atom stereocenters. The van der Waals surface area contributed by atoms with Gasteiger partial charge in [-0.1, -0.05) is 133 Å². The van der Waals surface area contributed by atoms with Gasteiger partial charge in [-0.2, -0.15) is 0 Å². The van der Waals surface area contributed by atoms with E-state index in [-0.39, 0.29) is 0 Å². The van der Waals surface area contributed by atoms with Gasteiger partial charge in [-0.3, -0.25) is 0 Å². The molecule has 0 amide bonds. The summed E-state index contributed by atoms with van der Waals surface area (Å²) in [4.78, 5) is 0. The van der Waals surface area contributed by atoms with Crippen LogP contribution in [-0.4, -0.2) is 4.57 Å². The van der Waals surface area contributed by atoms with Crippen LogP contribution in [0.2, 0.25) is 0 Å². The van der Waals surface area contributed by atoms with Crippen molar-refractivity contribution in [1.29, 1.82) is 0 Å². The Kier molecular flexibility index (Phi) is 5.78. The average molecular weight is 618 g/mol. The molecule has 220 valence electrons. The van der Waals surface area contributed by atoms with Gasteiger partial charge in [0.1, 0.15) is 11.2 Å². The molecule has 0 bridgehead atoms. The van der Waals surface area contributed by atoms with E-state index in [4.69, 9.17) is 4.42 Å². The van der Waals surface area contributed by atoms with Crippen molar-refractivity contribution in [3.05, 3.63) is 164 Å². The summed E-state index contributed by atoms with van der Waals surface area (Å²) in [5.41, 5.74) is 12.5. The van der Waals surface area contributed by atoms with Gasteiger partial charge in [0, 0.05) is 43.1 Å². The topological polar surface area (TPSA) is 18.1 Å². The van der Waals surface area contributed by atoms with Crippen LogP contribution >= 0.6 is 11.3 Å². The van der Waals surface area contributed by atoms with E-state index in [9.17, 15) is 0 Å². The number of hydrogen-bond donors (Lipinski definition) is 0. The van der Waals surface area contributed by atoms with Gasteiger partial charge in [0.05, 0.1) is 15.7 Å². The third-order valence-electron chi connectivity index (χ3n) is 9.41. The minimum Gasteiger partial charge on any atom is -0.455 e. The molecule has 0 aliphatic heterocycles. The van der Waals surface area contributed by atoms with E-state index in [0.29, 0.717) is 0 Å². The number of rotatable bonds is 4. The zero-order chi connectivity index (χ0) is 30.9. The van der Waals surface area contributed by atoms with E-state index in [0.717, 1.165) is 44.2 Å². The summed E-state index contributed by atoms with van der Waals surface area (Å²) < 4.78 is 11.8. The van der Waals surface area contributed by atoms with Gasteiger partial charge in [-0.05, 0) is 52.6 Å². The van der Waals surface area contributed by atoms with Crippen LogP contribution in [0.5, 0.6) is 0 Å². The molecule has 3 heterocycles.